The van der Waals surface area contributed by atoms with Gasteiger partial charge < -0.3 is 10.2 Å². The molecule has 1 aliphatic rings. The number of sulfone groups is 1. The predicted octanol–water partition coefficient (Wildman–Crippen LogP) is -0.596. The SMILES string of the molecule is CC(=O)[C@H](C)NC(=O)N1CCS(=O)(=O)CC1. The van der Waals surface area contributed by atoms with E-state index in [1.54, 1.807) is 6.92 Å². The van der Waals surface area contributed by atoms with E-state index < -0.39 is 15.9 Å². The molecule has 0 aromatic rings. The number of nitrogens with one attached hydrogen (secondary N) is 1. The third-order valence-electron chi connectivity index (χ3n) is 2.58. The molecule has 0 aromatic carbocycles. The number of amides is 2. The topological polar surface area (TPSA) is 83.6 Å². The third-order valence-corrected chi connectivity index (χ3v) is 4.19. The number of urea groups is 1. The lowest BCUT2D eigenvalue weighted by Crippen LogP contribution is -2.51. The second kappa shape index (κ2) is 4.82. The molecular weight excluding hydrogens is 232 g/mol. The Balaban J connectivity index is 2.48. The van der Waals surface area contributed by atoms with Crippen LogP contribution >= 0.6 is 0 Å². The highest BCUT2D eigenvalue weighted by Crippen LogP contribution is 2.04. The molecular formula is C9H16N2O4S. The van der Waals surface area contributed by atoms with E-state index in [2.05, 4.69) is 5.32 Å². The van der Waals surface area contributed by atoms with Gasteiger partial charge in [-0.2, -0.15) is 0 Å². The van der Waals surface area contributed by atoms with Crippen LogP contribution in [0.1, 0.15) is 13.8 Å². The van der Waals surface area contributed by atoms with Gasteiger partial charge in [-0.05, 0) is 13.8 Å². The van der Waals surface area contributed by atoms with Crippen molar-refractivity contribution in [2.75, 3.05) is 24.6 Å². The second-order valence-electron chi connectivity index (χ2n) is 3.92. The van der Waals surface area contributed by atoms with Gasteiger partial charge in [0.1, 0.15) is 0 Å². The summed E-state index contributed by atoms with van der Waals surface area (Å²) < 4.78 is 22.3. The Morgan fingerprint density at radius 2 is 1.75 bits per heavy atom. The Bertz CT molecular complexity index is 376. The molecule has 0 saturated carbocycles. The first kappa shape index (κ1) is 13.0. The normalized spacial score (nSPS) is 21.2. The lowest BCUT2D eigenvalue weighted by Gasteiger charge is -2.27. The molecule has 1 heterocycles. The summed E-state index contributed by atoms with van der Waals surface area (Å²) in [5.41, 5.74) is 0. The molecule has 0 aromatic heterocycles. The van der Waals surface area contributed by atoms with Gasteiger partial charge in [0.2, 0.25) is 0 Å². The molecule has 1 rings (SSSR count). The fourth-order valence-electron chi connectivity index (χ4n) is 1.29. The van der Waals surface area contributed by atoms with E-state index in [9.17, 15) is 18.0 Å². The van der Waals surface area contributed by atoms with Crippen LogP contribution in [0.25, 0.3) is 0 Å². The first-order chi connectivity index (χ1) is 7.32. The highest BCUT2D eigenvalue weighted by Gasteiger charge is 2.25. The van der Waals surface area contributed by atoms with Gasteiger partial charge in [-0.3, -0.25) is 4.79 Å². The summed E-state index contributed by atoms with van der Waals surface area (Å²) in [4.78, 5) is 23.9. The highest BCUT2D eigenvalue weighted by atomic mass is 32.2. The molecule has 0 aliphatic carbocycles. The van der Waals surface area contributed by atoms with Gasteiger partial charge in [0.25, 0.3) is 0 Å². The standard InChI is InChI=1S/C9H16N2O4S/c1-7(8(2)12)10-9(13)11-3-5-16(14,15)6-4-11/h7H,3-6H2,1-2H3,(H,10,13)/t7-/m0/s1. The van der Waals surface area contributed by atoms with Gasteiger partial charge in [-0.1, -0.05) is 0 Å². The first-order valence-corrected chi connectivity index (χ1v) is 6.90. The first-order valence-electron chi connectivity index (χ1n) is 5.08. The maximum Gasteiger partial charge on any atom is 0.318 e. The van der Waals surface area contributed by atoms with Gasteiger partial charge in [-0.15, -0.1) is 0 Å². The van der Waals surface area contributed by atoms with Crippen LogP contribution in [0.4, 0.5) is 4.79 Å². The van der Waals surface area contributed by atoms with Crippen molar-refractivity contribution in [3.63, 3.8) is 0 Å². The van der Waals surface area contributed by atoms with Crippen molar-refractivity contribution in [2.45, 2.75) is 19.9 Å². The monoisotopic (exact) mass is 248 g/mol. The summed E-state index contributed by atoms with van der Waals surface area (Å²) >= 11 is 0. The molecule has 0 radical (unpaired) electrons. The van der Waals surface area contributed by atoms with Crippen LogP contribution in [-0.2, 0) is 14.6 Å². The van der Waals surface area contributed by atoms with Gasteiger partial charge in [0.15, 0.2) is 15.6 Å². The Morgan fingerprint density at radius 3 is 2.19 bits per heavy atom. The van der Waals surface area contributed by atoms with Gasteiger partial charge in [0, 0.05) is 13.1 Å². The molecule has 1 aliphatic heterocycles. The number of ketones is 1. The summed E-state index contributed by atoms with van der Waals surface area (Å²) in [6.07, 6.45) is 0. The van der Waals surface area contributed by atoms with Gasteiger partial charge >= 0.3 is 6.03 Å². The van der Waals surface area contributed by atoms with E-state index in [1.807, 2.05) is 0 Å². The number of Topliss-reactive ketones (excluding diaryl/α,β-unsaturated/α-hetero) is 1. The molecule has 2 amide bonds. The van der Waals surface area contributed by atoms with Crippen molar-refractivity contribution in [2.24, 2.45) is 0 Å². The van der Waals surface area contributed by atoms with Crippen LogP contribution in [0.3, 0.4) is 0 Å². The lowest BCUT2D eigenvalue weighted by atomic mass is 10.2. The number of nitrogens with zero attached hydrogens (tertiary/aromatic N) is 1. The summed E-state index contributed by atoms with van der Waals surface area (Å²) in [5.74, 6) is -0.137. The van der Waals surface area contributed by atoms with E-state index in [0.717, 1.165) is 0 Å². The van der Waals surface area contributed by atoms with Gasteiger partial charge in [-0.25, -0.2) is 13.2 Å². The molecule has 0 bridgehead atoms. The molecule has 92 valence electrons. The fraction of sp³-hybridized carbons (Fsp3) is 0.778. The van der Waals surface area contributed by atoms with Crippen molar-refractivity contribution < 1.29 is 18.0 Å². The Labute approximate surface area is 94.9 Å². The summed E-state index contributed by atoms with van der Waals surface area (Å²) in [7, 11) is -2.98. The predicted molar refractivity (Wildman–Crippen MR) is 58.9 cm³/mol. The van der Waals surface area contributed by atoms with Crippen LogP contribution in [0.15, 0.2) is 0 Å². The van der Waals surface area contributed by atoms with E-state index in [0.29, 0.717) is 0 Å². The minimum absolute atomic E-state index is 0.00509. The number of carbonyl (C=O) groups excluding carboxylic acids is 2. The fourth-order valence-corrected chi connectivity index (χ4v) is 2.49. The maximum absolute atomic E-state index is 11.6. The molecule has 1 N–H and O–H groups in total. The van der Waals surface area contributed by atoms with Gasteiger partial charge in [0.05, 0.1) is 17.5 Å². The number of rotatable bonds is 2. The number of hydrogen-bond donors (Lipinski definition) is 1. The van der Waals surface area contributed by atoms with Crippen molar-refractivity contribution in [3.05, 3.63) is 0 Å². The van der Waals surface area contributed by atoms with E-state index in [-0.39, 0.29) is 36.4 Å². The average molecular weight is 248 g/mol. The van der Waals surface area contributed by atoms with Crippen molar-refractivity contribution in [3.8, 4) is 0 Å². The summed E-state index contributed by atoms with van der Waals surface area (Å²) in [6, 6.07) is -0.913. The average Bonchev–Trinajstić information content (AvgIpc) is 2.17. The van der Waals surface area contributed by atoms with E-state index >= 15 is 0 Å². The Hall–Kier alpha value is -1.11. The highest BCUT2D eigenvalue weighted by molar-refractivity contribution is 7.91. The molecule has 1 saturated heterocycles. The lowest BCUT2D eigenvalue weighted by molar-refractivity contribution is -0.118. The van der Waals surface area contributed by atoms with E-state index in [1.165, 1.54) is 11.8 Å². The van der Waals surface area contributed by atoms with E-state index in [4.69, 9.17) is 0 Å². The number of hydrogen-bond acceptors (Lipinski definition) is 4. The zero-order valence-electron chi connectivity index (χ0n) is 9.39. The molecule has 0 spiro atoms. The van der Waals surface area contributed by atoms with Crippen molar-refractivity contribution in [1.29, 1.82) is 0 Å². The Morgan fingerprint density at radius 1 is 1.25 bits per heavy atom. The molecule has 1 atom stereocenters. The quantitative estimate of drug-likeness (QED) is 0.707. The van der Waals surface area contributed by atoms with Crippen molar-refractivity contribution >= 4 is 21.7 Å². The van der Waals surface area contributed by atoms with Crippen LogP contribution in [0.2, 0.25) is 0 Å². The summed E-state index contributed by atoms with van der Waals surface area (Å²) in [5, 5.41) is 2.52. The molecule has 7 heteroatoms. The van der Waals surface area contributed by atoms with Crippen LogP contribution in [-0.4, -0.2) is 55.8 Å². The molecule has 6 nitrogen and oxygen atoms in total. The van der Waals surface area contributed by atoms with Crippen LogP contribution in [0, 0.1) is 0 Å². The zero-order valence-corrected chi connectivity index (χ0v) is 10.2. The smallest absolute Gasteiger partial charge is 0.318 e. The Kier molecular flexibility index (Phi) is 3.90. The number of carbonyl (C=O) groups is 2. The molecule has 1 fully saturated rings. The minimum Gasteiger partial charge on any atom is -0.328 e. The summed E-state index contributed by atoms with van der Waals surface area (Å²) in [6.45, 7) is 3.38. The minimum atomic E-state index is -2.98. The zero-order chi connectivity index (χ0) is 12.3. The molecule has 0 unspecified atom stereocenters. The van der Waals surface area contributed by atoms with Crippen LogP contribution in [0.5, 0.6) is 0 Å². The largest absolute Gasteiger partial charge is 0.328 e. The second-order valence-corrected chi connectivity index (χ2v) is 6.22. The maximum atomic E-state index is 11.6. The van der Waals surface area contributed by atoms with Crippen molar-refractivity contribution in [1.82, 2.24) is 10.2 Å². The third kappa shape index (κ3) is 3.48. The van der Waals surface area contributed by atoms with Crippen LogP contribution < -0.4 is 5.32 Å². The molecule has 16 heavy (non-hydrogen) atoms.